The summed E-state index contributed by atoms with van der Waals surface area (Å²) in [6.07, 6.45) is 1.77. The van der Waals surface area contributed by atoms with Gasteiger partial charge < -0.3 is 9.47 Å². The van der Waals surface area contributed by atoms with E-state index in [9.17, 15) is 14.5 Å². The van der Waals surface area contributed by atoms with Gasteiger partial charge in [0.1, 0.15) is 17.9 Å². The molecule has 3 aromatic rings. The van der Waals surface area contributed by atoms with Crippen LogP contribution in [0, 0.1) is 15.9 Å². The third-order valence-electron chi connectivity index (χ3n) is 4.07. The van der Waals surface area contributed by atoms with Crippen LogP contribution in [0.15, 0.2) is 48.8 Å². The van der Waals surface area contributed by atoms with Crippen molar-refractivity contribution >= 4 is 5.69 Å². The lowest BCUT2D eigenvalue weighted by Crippen LogP contribution is -2.00. The van der Waals surface area contributed by atoms with Crippen molar-refractivity contribution in [2.45, 2.75) is 13.3 Å². The van der Waals surface area contributed by atoms with Crippen molar-refractivity contribution in [2.24, 2.45) is 0 Å². The Morgan fingerprint density at radius 1 is 1.11 bits per heavy atom. The molecule has 0 unspecified atom stereocenters. The van der Waals surface area contributed by atoms with Crippen molar-refractivity contribution in [1.29, 1.82) is 0 Å². The average Bonchev–Trinajstić information content (AvgIpc) is 2.69. The molecule has 1 aromatic heterocycles. The molecule has 3 rings (SSSR count). The van der Waals surface area contributed by atoms with Crippen molar-refractivity contribution < 1.29 is 18.8 Å². The van der Waals surface area contributed by atoms with Crippen LogP contribution in [-0.4, -0.2) is 28.6 Å². The Balaban J connectivity index is 1.92. The molecule has 0 atom stereocenters. The summed E-state index contributed by atoms with van der Waals surface area (Å²) in [4.78, 5) is 19.3. The molecular formula is C20H18FN3O4. The zero-order valence-corrected chi connectivity index (χ0v) is 15.4. The predicted molar refractivity (Wildman–Crippen MR) is 101 cm³/mol. The Hall–Kier alpha value is -3.55. The average molecular weight is 383 g/mol. The second-order valence-corrected chi connectivity index (χ2v) is 5.91. The van der Waals surface area contributed by atoms with Gasteiger partial charge in [-0.1, -0.05) is 6.07 Å². The predicted octanol–water partition coefficient (Wildman–Crippen LogP) is 4.19. The van der Waals surface area contributed by atoms with Gasteiger partial charge in [-0.15, -0.1) is 0 Å². The molecule has 1 heterocycles. The Morgan fingerprint density at radius 3 is 2.64 bits per heavy atom. The molecule has 7 nitrogen and oxygen atoms in total. The number of hydrogen-bond donors (Lipinski definition) is 0. The van der Waals surface area contributed by atoms with Crippen LogP contribution in [0.1, 0.15) is 18.2 Å². The highest BCUT2D eigenvalue weighted by atomic mass is 19.1. The first-order valence-electron chi connectivity index (χ1n) is 8.56. The number of rotatable bonds is 7. The number of nitro benzene ring substituents is 1. The maximum atomic E-state index is 13.4. The molecule has 0 amide bonds. The van der Waals surface area contributed by atoms with Crippen LogP contribution in [0.4, 0.5) is 10.1 Å². The molecule has 0 saturated carbocycles. The Kier molecular flexibility index (Phi) is 5.78. The van der Waals surface area contributed by atoms with Crippen molar-refractivity contribution in [3.8, 4) is 22.8 Å². The largest absolute Gasteiger partial charge is 0.496 e. The second kappa shape index (κ2) is 8.43. The molecule has 0 aliphatic carbocycles. The van der Waals surface area contributed by atoms with E-state index in [1.165, 1.54) is 31.6 Å². The van der Waals surface area contributed by atoms with Crippen molar-refractivity contribution in [3.63, 3.8) is 0 Å². The monoisotopic (exact) mass is 383 g/mol. The number of aromatic nitrogens is 2. The van der Waals surface area contributed by atoms with E-state index in [0.717, 1.165) is 0 Å². The second-order valence-electron chi connectivity index (χ2n) is 5.91. The highest BCUT2D eigenvalue weighted by molar-refractivity contribution is 5.67. The minimum Gasteiger partial charge on any atom is -0.496 e. The van der Waals surface area contributed by atoms with Crippen LogP contribution >= 0.6 is 0 Å². The summed E-state index contributed by atoms with van der Waals surface area (Å²) in [6, 6.07) is 10.8. The molecule has 144 valence electrons. The van der Waals surface area contributed by atoms with E-state index in [1.807, 2.05) is 0 Å². The quantitative estimate of drug-likeness (QED) is 0.449. The van der Waals surface area contributed by atoms with E-state index in [1.54, 1.807) is 31.2 Å². The maximum absolute atomic E-state index is 13.4. The molecule has 2 aromatic carbocycles. The molecule has 0 fully saturated rings. The van der Waals surface area contributed by atoms with Crippen molar-refractivity contribution in [3.05, 3.63) is 76.0 Å². The van der Waals surface area contributed by atoms with Gasteiger partial charge >= 0.3 is 5.69 Å². The molecular weight excluding hydrogens is 365 g/mol. The molecule has 0 bridgehead atoms. The van der Waals surface area contributed by atoms with Gasteiger partial charge in [-0.05, 0) is 36.8 Å². The zero-order valence-electron chi connectivity index (χ0n) is 15.4. The van der Waals surface area contributed by atoms with Crippen LogP contribution in [0.25, 0.3) is 11.3 Å². The van der Waals surface area contributed by atoms with Crippen LogP contribution in [-0.2, 0) is 6.42 Å². The fourth-order valence-corrected chi connectivity index (χ4v) is 2.82. The lowest BCUT2D eigenvalue weighted by atomic mass is 10.1. The number of methoxy groups -OCH3 is 1. The summed E-state index contributed by atoms with van der Waals surface area (Å²) in [7, 11) is 1.46. The summed E-state index contributed by atoms with van der Waals surface area (Å²) in [5.41, 5.74) is 2.49. The Morgan fingerprint density at radius 2 is 1.93 bits per heavy atom. The number of benzene rings is 2. The first-order chi connectivity index (χ1) is 13.5. The van der Waals surface area contributed by atoms with Gasteiger partial charge in [-0.2, -0.15) is 0 Å². The molecule has 0 aliphatic heterocycles. The molecule has 8 heteroatoms. The maximum Gasteiger partial charge on any atom is 0.311 e. The summed E-state index contributed by atoms with van der Waals surface area (Å²) < 4.78 is 24.0. The Labute approximate surface area is 160 Å². The fraction of sp³-hybridized carbons (Fsp3) is 0.200. The summed E-state index contributed by atoms with van der Waals surface area (Å²) in [6.45, 7) is 2.11. The van der Waals surface area contributed by atoms with Crippen LogP contribution in [0.5, 0.6) is 11.5 Å². The highest BCUT2D eigenvalue weighted by Gasteiger charge is 2.16. The third-order valence-corrected chi connectivity index (χ3v) is 4.07. The summed E-state index contributed by atoms with van der Waals surface area (Å²) in [5.74, 6) is 0.189. The SMILES string of the molecule is CCOc1ccc(Cc2cc(-c3ccc(F)cc3OC)ncn2)cc1[N+](=O)[O-]. The van der Waals surface area contributed by atoms with E-state index in [4.69, 9.17) is 9.47 Å². The lowest BCUT2D eigenvalue weighted by Gasteiger charge is -2.09. The molecule has 0 radical (unpaired) electrons. The topological polar surface area (TPSA) is 87.4 Å². The van der Waals surface area contributed by atoms with Gasteiger partial charge in [0.2, 0.25) is 0 Å². The number of hydrogen-bond acceptors (Lipinski definition) is 6. The van der Waals surface area contributed by atoms with Gasteiger partial charge in [0.25, 0.3) is 0 Å². The number of ether oxygens (including phenoxy) is 2. The summed E-state index contributed by atoms with van der Waals surface area (Å²) in [5, 5.41) is 11.3. The first-order valence-corrected chi connectivity index (χ1v) is 8.56. The molecule has 0 saturated heterocycles. The Bertz CT molecular complexity index is 1010. The minimum absolute atomic E-state index is 0.0890. The normalized spacial score (nSPS) is 10.5. The molecule has 0 aliphatic rings. The summed E-state index contributed by atoms with van der Waals surface area (Å²) >= 11 is 0. The number of nitrogens with zero attached hydrogens (tertiary/aromatic N) is 3. The lowest BCUT2D eigenvalue weighted by molar-refractivity contribution is -0.385. The first kappa shape index (κ1) is 19.2. The van der Waals surface area contributed by atoms with Gasteiger partial charge in [-0.3, -0.25) is 10.1 Å². The smallest absolute Gasteiger partial charge is 0.311 e. The molecule has 0 N–H and O–H groups in total. The van der Waals surface area contributed by atoms with Gasteiger partial charge in [0, 0.05) is 29.8 Å². The highest BCUT2D eigenvalue weighted by Crippen LogP contribution is 2.31. The standard InChI is InChI=1S/C20H18FN3O4/c1-3-28-19-7-4-13(9-18(19)24(25)26)8-15-11-17(23-12-22-15)16-6-5-14(21)10-20(16)27-2/h4-7,9-12H,3,8H2,1-2H3. The van der Waals surface area contributed by atoms with E-state index in [-0.39, 0.29) is 11.4 Å². The third kappa shape index (κ3) is 4.22. The van der Waals surface area contributed by atoms with E-state index in [2.05, 4.69) is 9.97 Å². The molecule has 0 spiro atoms. The van der Waals surface area contributed by atoms with Crippen LogP contribution in [0.3, 0.4) is 0 Å². The number of nitro groups is 1. The fourth-order valence-electron chi connectivity index (χ4n) is 2.82. The van der Waals surface area contributed by atoms with Crippen LogP contribution < -0.4 is 9.47 Å². The molecule has 28 heavy (non-hydrogen) atoms. The van der Waals surface area contributed by atoms with Crippen molar-refractivity contribution in [1.82, 2.24) is 9.97 Å². The van der Waals surface area contributed by atoms with Gasteiger partial charge in [-0.25, -0.2) is 14.4 Å². The minimum atomic E-state index is -0.469. The van der Waals surface area contributed by atoms with E-state index < -0.39 is 10.7 Å². The van der Waals surface area contributed by atoms with Crippen LogP contribution in [0.2, 0.25) is 0 Å². The zero-order chi connectivity index (χ0) is 20.1. The van der Waals surface area contributed by atoms with Gasteiger partial charge in [0.05, 0.1) is 24.3 Å². The van der Waals surface area contributed by atoms with Crippen molar-refractivity contribution in [2.75, 3.05) is 13.7 Å². The van der Waals surface area contributed by atoms with E-state index in [0.29, 0.717) is 41.3 Å². The number of halogens is 1. The van der Waals surface area contributed by atoms with Gasteiger partial charge in [0.15, 0.2) is 5.75 Å². The van der Waals surface area contributed by atoms with E-state index >= 15 is 0 Å².